The van der Waals surface area contributed by atoms with E-state index in [4.69, 9.17) is 19.9 Å². The Morgan fingerprint density at radius 1 is 1.30 bits per heavy atom. The average Bonchev–Trinajstić information content (AvgIpc) is 2.44. The lowest BCUT2D eigenvalue weighted by Gasteiger charge is -2.14. The van der Waals surface area contributed by atoms with Gasteiger partial charge in [-0.2, -0.15) is 0 Å². The Morgan fingerprint density at radius 2 is 2.05 bits per heavy atom. The van der Waals surface area contributed by atoms with Crippen LogP contribution in [0.3, 0.4) is 0 Å². The molecule has 6 nitrogen and oxygen atoms in total. The van der Waals surface area contributed by atoms with Crippen molar-refractivity contribution in [1.82, 2.24) is 5.32 Å². The molecule has 1 rings (SSSR count). The summed E-state index contributed by atoms with van der Waals surface area (Å²) >= 11 is 0. The third-order valence-corrected chi connectivity index (χ3v) is 2.72. The zero-order valence-electron chi connectivity index (χ0n) is 12.5. The molecule has 6 heteroatoms. The third-order valence-electron chi connectivity index (χ3n) is 2.72. The van der Waals surface area contributed by atoms with Gasteiger partial charge >= 0.3 is 0 Å². The normalized spacial score (nSPS) is 12.9. The number of aliphatic imine (C=N–C) groups is 1. The Hall–Kier alpha value is -1.95. The van der Waals surface area contributed by atoms with Gasteiger partial charge in [0.1, 0.15) is 0 Å². The summed E-state index contributed by atoms with van der Waals surface area (Å²) in [5.74, 6) is 1.73. The summed E-state index contributed by atoms with van der Waals surface area (Å²) in [6.45, 7) is 2.95. The van der Waals surface area contributed by atoms with E-state index in [-0.39, 0.29) is 6.04 Å². The topological polar surface area (TPSA) is 78.1 Å². The van der Waals surface area contributed by atoms with Crippen LogP contribution in [-0.4, -0.2) is 39.9 Å². The predicted octanol–water partition coefficient (Wildman–Crippen LogP) is 1.14. The highest BCUT2D eigenvalue weighted by atomic mass is 16.5. The Kier molecular flexibility index (Phi) is 6.66. The van der Waals surface area contributed by atoms with E-state index in [1.54, 1.807) is 21.3 Å². The average molecular weight is 281 g/mol. The van der Waals surface area contributed by atoms with E-state index in [0.717, 1.165) is 5.56 Å². The monoisotopic (exact) mass is 281 g/mol. The molecule has 20 heavy (non-hydrogen) atoms. The molecule has 0 aliphatic heterocycles. The maximum Gasteiger partial charge on any atom is 0.189 e. The molecule has 3 N–H and O–H groups in total. The number of hydrogen-bond donors (Lipinski definition) is 2. The van der Waals surface area contributed by atoms with Gasteiger partial charge in [-0.05, 0) is 13.0 Å². The van der Waals surface area contributed by atoms with E-state index in [9.17, 15) is 0 Å². The largest absolute Gasteiger partial charge is 0.493 e. The van der Waals surface area contributed by atoms with Crippen molar-refractivity contribution in [2.24, 2.45) is 10.7 Å². The Morgan fingerprint density at radius 3 is 2.65 bits per heavy atom. The first-order chi connectivity index (χ1) is 9.62. The second-order valence-corrected chi connectivity index (χ2v) is 4.35. The lowest BCUT2D eigenvalue weighted by molar-refractivity contribution is 0.179. The maximum absolute atomic E-state index is 5.83. The molecule has 1 aromatic carbocycles. The van der Waals surface area contributed by atoms with Gasteiger partial charge in [0.25, 0.3) is 0 Å². The molecule has 1 unspecified atom stereocenters. The number of para-hydroxylation sites is 1. The molecule has 0 saturated heterocycles. The van der Waals surface area contributed by atoms with E-state index in [1.807, 2.05) is 25.1 Å². The summed E-state index contributed by atoms with van der Waals surface area (Å²) < 4.78 is 15.6. The standard InChI is InChI=1S/C14H23N3O3/c1-10(9-18-2)17-14(15)16-8-11-6-5-7-12(19-3)13(11)20-4/h5-7,10H,8-9H2,1-4H3,(H3,15,16,17). The summed E-state index contributed by atoms with van der Waals surface area (Å²) in [7, 11) is 4.85. The highest BCUT2D eigenvalue weighted by molar-refractivity contribution is 5.78. The van der Waals surface area contributed by atoms with E-state index < -0.39 is 0 Å². The minimum Gasteiger partial charge on any atom is -0.493 e. The van der Waals surface area contributed by atoms with E-state index in [0.29, 0.717) is 30.6 Å². The summed E-state index contributed by atoms with van der Waals surface area (Å²) in [5.41, 5.74) is 6.74. The number of hydrogen-bond acceptors (Lipinski definition) is 4. The van der Waals surface area contributed by atoms with Crippen molar-refractivity contribution >= 4 is 5.96 Å². The first kappa shape index (κ1) is 16.1. The molecule has 0 radical (unpaired) electrons. The first-order valence-corrected chi connectivity index (χ1v) is 6.37. The molecular formula is C14H23N3O3. The Balaban J connectivity index is 2.73. The van der Waals surface area contributed by atoms with Crippen LogP contribution in [0.25, 0.3) is 0 Å². The number of benzene rings is 1. The van der Waals surface area contributed by atoms with Crippen molar-refractivity contribution in [1.29, 1.82) is 0 Å². The van der Waals surface area contributed by atoms with Crippen LogP contribution < -0.4 is 20.5 Å². The van der Waals surface area contributed by atoms with Crippen molar-refractivity contribution < 1.29 is 14.2 Å². The lowest BCUT2D eigenvalue weighted by Crippen LogP contribution is -2.40. The molecule has 1 aromatic rings. The zero-order valence-corrected chi connectivity index (χ0v) is 12.5. The Labute approximate surface area is 119 Å². The minimum absolute atomic E-state index is 0.107. The van der Waals surface area contributed by atoms with Crippen LogP contribution in [0.1, 0.15) is 12.5 Å². The van der Waals surface area contributed by atoms with Crippen molar-refractivity contribution in [2.45, 2.75) is 19.5 Å². The number of guanidine groups is 1. The van der Waals surface area contributed by atoms with Gasteiger partial charge < -0.3 is 25.3 Å². The van der Waals surface area contributed by atoms with Crippen LogP contribution in [0.5, 0.6) is 11.5 Å². The predicted molar refractivity (Wildman–Crippen MR) is 79.3 cm³/mol. The summed E-state index contributed by atoms with van der Waals surface area (Å²) in [4.78, 5) is 4.29. The van der Waals surface area contributed by atoms with Gasteiger partial charge in [-0.25, -0.2) is 4.99 Å². The van der Waals surface area contributed by atoms with Gasteiger partial charge in [0.2, 0.25) is 0 Å². The number of nitrogens with two attached hydrogens (primary N) is 1. The number of nitrogens with one attached hydrogen (secondary N) is 1. The smallest absolute Gasteiger partial charge is 0.189 e. The maximum atomic E-state index is 5.83. The second kappa shape index (κ2) is 8.27. The van der Waals surface area contributed by atoms with Gasteiger partial charge in [0.05, 0.1) is 27.4 Å². The van der Waals surface area contributed by atoms with Gasteiger partial charge in [0.15, 0.2) is 17.5 Å². The third kappa shape index (κ3) is 4.62. The molecule has 0 fully saturated rings. The molecule has 112 valence electrons. The number of rotatable bonds is 7. The SMILES string of the molecule is COCC(C)NC(N)=NCc1cccc(OC)c1OC. The highest BCUT2D eigenvalue weighted by Crippen LogP contribution is 2.30. The quantitative estimate of drug-likeness (QED) is 0.579. The molecule has 0 amide bonds. The molecular weight excluding hydrogens is 258 g/mol. The van der Waals surface area contributed by atoms with Crippen LogP contribution in [-0.2, 0) is 11.3 Å². The second-order valence-electron chi connectivity index (χ2n) is 4.35. The zero-order chi connectivity index (χ0) is 15.0. The minimum atomic E-state index is 0.107. The van der Waals surface area contributed by atoms with E-state index in [2.05, 4.69) is 10.3 Å². The van der Waals surface area contributed by atoms with Crippen LogP contribution in [0.15, 0.2) is 23.2 Å². The molecule has 0 aliphatic carbocycles. The lowest BCUT2D eigenvalue weighted by atomic mass is 10.2. The summed E-state index contributed by atoms with van der Waals surface area (Å²) in [6.07, 6.45) is 0. The van der Waals surface area contributed by atoms with Crippen molar-refractivity contribution in [3.63, 3.8) is 0 Å². The van der Waals surface area contributed by atoms with Crippen molar-refractivity contribution in [3.8, 4) is 11.5 Å². The molecule has 1 atom stereocenters. The van der Waals surface area contributed by atoms with Gasteiger partial charge in [-0.1, -0.05) is 12.1 Å². The highest BCUT2D eigenvalue weighted by Gasteiger charge is 2.09. The molecule has 0 spiro atoms. The molecule has 0 aliphatic rings. The molecule has 0 bridgehead atoms. The van der Waals surface area contributed by atoms with Crippen LogP contribution in [0, 0.1) is 0 Å². The Bertz CT molecular complexity index is 449. The van der Waals surface area contributed by atoms with Gasteiger partial charge in [-0.3, -0.25) is 0 Å². The fourth-order valence-electron chi connectivity index (χ4n) is 1.84. The fourth-order valence-corrected chi connectivity index (χ4v) is 1.84. The number of ether oxygens (including phenoxy) is 3. The van der Waals surface area contributed by atoms with Crippen LogP contribution in [0.4, 0.5) is 0 Å². The summed E-state index contributed by atoms with van der Waals surface area (Å²) in [6, 6.07) is 5.77. The van der Waals surface area contributed by atoms with E-state index >= 15 is 0 Å². The molecule has 0 aromatic heterocycles. The van der Waals surface area contributed by atoms with Crippen LogP contribution >= 0.6 is 0 Å². The first-order valence-electron chi connectivity index (χ1n) is 6.37. The van der Waals surface area contributed by atoms with Gasteiger partial charge in [0, 0.05) is 18.7 Å². The molecule has 0 saturated carbocycles. The number of methoxy groups -OCH3 is 3. The van der Waals surface area contributed by atoms with E-state index in [1.165, 1.54) is 0 Å². The fraction of sp³-hybridized carbons (Fsp3) is 0.500. The van der Waals surface area contributed by atoms with Crippen molar-refractivity contribution in [2.75, 3.05) is 27.9 Å². The molecule has 0 heterocycles. The van der Waals surface area contributed by atoms with Gasteiger partial charge in [-0.15, -0.1) is 0 Å². The number of nitrogens with zero attached hydrogens (tertiary/aromatic N) is 1. The summed E-state index contributed by atoms with van der Waals surface area (Å²) in [5, 5.41) is 3.05. The van der Waals surface area contributed by atoms with Crippen molar-refractivity contribution in [3.05, 3.63) is 23.8 Å². The van der Waals surface area contributed by atoms with Crippen LogP contribution in [0.2, 0.25) is 0 Å².